The van der Waals surface area contributed by atoms with Crippen LogP contribution in [0.4, 0.5) is 20.4 Å². The highest BCUT2D eigenvalue weighted by molar-refractivity contribution is 6.35. The topological polar surface area (TPSA) is 69.8 Å². The molecule has 31 heavy (non-hydrogen) atoms. The number of carbonyl (C=O) groups is 1. The summed E-state index contributed by atoms with van der Waals surface area (Å²) in [5.41, 5.74) is 0.857. The summed E-state index contributed by atoms with van der Waals surface area (Å²) in [6.07, 6.45) is 3.75. The number of carbonyl (C=O) groups excluding carboxylic acids is 1. The smallest absolute Gasteiger partial charge is 0.254 e. The van der Waals surface area contributed by atoms with Crippen molar-refractivity contribution < 1.29 is 13.6 Å². The van der Waals surface area contributed by atoms with E-state index in [1.165, 1.54) is 24.3 Å². The summed E-state index contributed by atoms with van der Waals surface area (Å²) in [6, 6.07) is 5.40. The van der Waals surface area contributed by atoms with E-state index in [-0.39, 0.29) is 38.7 Å². The fourth-order valence-electron chi connectivity index (χ4n) is 3.83. The Morgan fingerprint density at radius 1 is 1.16 bits per heavy atom. The number of benzene rings is 2. The molecule has 2 aromatic carbocycles. The summed E-state index contributed by atoms with van der Waals surface area (Å²) in [6.45, 7) is 4.43. The van der Waals surface area contributed by atoms with Crippen LogP contribution in [0.25, 0.3) is 11.0 Å². The number of halogens is 4. The first-order chi connectivity index (χ1) is 14.6. The molecule has 0 radical (unpaired) electrons. The minimum absolute atomic E-state index is 0.0278. The van der Waals surface area contributed by atoms with Gasteiger partial charge in [-0.1, -0.05) is 37.0 Å². The van der Waals surface area contributed by atoms with Gasteiger partial charge in [0.05, 0.1) is 32.3 Å². The number of rotatable bonds is 4. The number of hydrogen-bond donors (Lipinski definition) is 3. The number of aromatic amines is 1. The van der Waals surface area contributed by atoms with Crippen molar-refractivity contribution >= 4 is 51.8 Å². The molecule has 0 unspecified atom stereocenters. The van der Waals surface area contributed by atoms with Crippen LogP contribution in [-0.2, 0) is 0 Å². The van der Waals surface area contributed by atoms with Crippen molar-refractivity contribution in [1.29, 1.82) is 0 Å². The van der Waals surface area contributed by atoms with E-state index >= 15 is 0 Å². The summed E-state index contributed by atoms with van der Waals surface area (Å²) in [5.74, 6) is -1.71. The molecule has 0 saturated heterocycles. The lowest BCUT2D eigenvalue weighted by Crippen LogP contribution is -2.39. The lowest BCUT2D eigenvalue weighted by Gasteiger charge is -2.34. The van der Waals surface area contributed by atoms with Crippen LogP contribution in [0.3, 0.4) is 0 Å². The Labute approximate surface area is 188 Å². The van der Waals surface area contributed by atoms with Gasteiger partial charge in [-0.05, 0) is 49.3 Å². The Bertz CT molecular complexity index is 1150. The maximum absolute atomic E-state index is 14.6. The second-order valence-electron chi connectivity index (χ2n) is 8.69. The standard InChI is InChI=1S/C22H22Cl2F2N4O/c1-22(2)7-5-11(6-8-22)27-20(31)12-9-16-17(10-15(12)25)29-21(28-16)30-19-14(24)4-3-13(23)18(19)26/h3-4,9-11H,5-8H2,1-2H3,(H,27,31)(H2,28,29,30). The van der Waals surface area contributed by atoms with Crippen molar-refractivity contribution in [1.82, 2.24) is 15.3 Å². The fourth-order valence-corrected chi connectivity index (χ4v) is 4.18. The van der Waals surface area contributed by atoms with Crippen molar-refractivity contribution in [2.45, 2.75) is 45.6 Å². The molecule has 3 aromatic rings. The molecule has 1 aliphatic rings. The number of H-pyrrole nitrogens is 1. The highest BCUT2D eigenvalue weighted by atomic mass is 35.5. The van der Waals surface area contributed by atoms with Crippen LogP contribution in [-0.4, -0.2) is 21.9 Å². The molecule has 1 heterocycles. The van der Waals surface area contributed by atoms with Crippen molar-refractivity contribution in [2.24, 2.45) is 5.41 Å². The number of amides is 1. The average Bonchev–Trinajstić information content (AvgIpc) is 3.10. The van der Waals surface area contributed by atoms with E-state index in [0.29, 0.717) is 11.0 Å². The van der Waals surface area contributed by atoms with Crippen LogP contribution >= 0.6 is 23.2 Å². The highest BCUT2D eigenvalue weighted by Gasteiger charge is 2.28. The monoisotopic (exact) mass is 466 g/mol. The maximum Gasteiger partial charge on any atom is 0.254 e. The summed E-state index contributed by atoms with van der Waals surface area (Å²) in [4.78, 5) is 19.8. The third-order valence-electron chi connectivity index (χ3n) is 5.78. The summed E-state index contributed by atoms with van der Waals surface area (Å²) in [5, 5.41) is 5.68. The van der Waals surface area contributed by atoms with Gasteiger partial charge in [0.15, 0.2) is 5.82 Å². The Balaban J connectivity index is 1.55. The SMILES string of the molecule is CC1(C)CCC(NC(=O)c2cc3nc(Nc4c(Cl)ccc(Cl)c4F)[nH]c3cc2F)CC1. The van der Waals surface area contributed by atoms with Gasteiger partial charge < -0.3 is 15.6 Å². The molecule has 0 spiro atoms. The van der Waals surface area contributed by atoms with E-state index in [4.69, 9.17) is 23.2 Å². The molecule has 3 N–H and O–H groups in total. The van der Waals surface area contributed by atoms with Gasteiger partial charge in [0.25, 0.3) is 5.91 Å². The Morgan fingerprint density at radius 2 is 1.84 bits per heavy atom. The summed E-state index contributed by atoms with van der Waals surface area (Å²) in [7, 11) is 0. The third kappa shape index (κ3) is 4.62. The quantitative estimate of drug-likeness (QED) is 0.379. The summed E-state index contributed by atoms with van der Waals surface area (Å²) < 4.78 is 28.9. The second kappa shape index (κ2) is 8.28. The van der Waals surface area contributed by atoms with Gasteiger partial charge in [-0.2, -0.15) is 0 Å². The number of aromatic nitrogens is 2. The largest absolute Gasteiger partial charge is 0.349 e. The van der Waals surface area contributed by atoms with E-state index in [2.05, 4.69) is 34.4 Å². The van der Waals surface area contributed by atoms with E-state index in [9.17, 15) is 13.6 Å². The minimum Gasteiger partial charge on any atom is -0.349 e. The molecule has 5 nitrogen and oxygen atoms in total. The molecule has 1 saturated carbocycles. The first kappa shape index (κ1) is 21.8. The van der Waals surface area contributed by atoms with Gasteiger partial charge in [0.2, 0.25) is 5.95 Å². The zero-order chi connectivity index (χ0) is 22.3. The molecule has 9 heteroatoms. The van der Waals surface area contributed by atoms with E-state index in [1.54, 1.807) is 0 Å². The first-order valence-electron chi connectivity index (χ1n) is 10.0. The number of imidazole rings is 1. The molecule has 1 amide bonds. The Morgan fingerprint density at radius 3 is 2.55 bits per heavy atom. The molecule has 1 aromatic heterocycles. The summed E-state index contributed by atoms with van der Waals surface area (Å²) >= 11 is 11.8. The number of hydrogen-bond acceptors (Lipinski definition) is 3. The Hall–Kier alpha value is -2.38. The minimum atomic E-state index is -0.725. The van der Waals surface area contributed by atoms with Gasteiger partial charge in [0.1, 0.15) is 5.82 Å². The van der Waals surface area contributed by atoms with E-state index in [0.717, 1.165) is 25.7 Å². The molecule has 164 valence electrons. The second-order valence-corrected chi connectivity index (χ2v) is 9.50. The van der Waals surface area contributed by atoms with Gasteiger partial charge in [0, 0.05) is 12.1 Å². The predicted octanol–water partition coefficient (Wildman–Crippen LogP) is 6.59. The van der Waals surface area contributed by atoms with Gasteiger partial charge >= 0.3 is 0 Å². The van der Waals surface area contributed by atoms with Crippen LogP contribution in [0.2, 0.25) is 10.0 Å². The maximum atomic E-state index is 14.6. The van der Waals surface area contributed by atoms with E-state index in [1.807, 2.05) is 0 Å². The van der Waals surface area contributed by atoms with Crippen LogP contribution in [0.1, 0.15) is 49.9 Å². The number of nitrogens with one attached hydrogen (secondary N) is 3. The van der Waals surface area contributed by atoms with Crippen LogP contribution in [0, 0.1) is 17.0 Å². The Kier molecular flexibility index (Phi) is 5.83. The van der Waals surface area contributed by atoms with Crippen molar-refractivity contribution in [2.75, 3.05) is 5.32 Å². The predicted molar refractivity (Wildman–Crippen MR) is 119 cm³/mol. The lowest BCUT2D eigenvalue weighted by atomic mass is 9.75. The lowest BCUT2D eigenvalue weighted by molar-refractivity contribution is 0.0905. The molecular weight excluding hydrogens is 445 g/mol. The normalized spacial score (nSPS) is 16.5. The zero-order valence-electron chi connectivity index (χ0n) is 17.1. The van der Waals surface area contributed by atoms with Crippen molar-refractivity contribution in [3.05, 3.63) is 51.5 Å². The average molecular weight is 467 g/mol. The molecular formula is C22H22Cl2F2N4O. The van der Waals surface area contributed by atoms with Gasteiger partial charge in [-0.15, -0.1) is 0 Å². The highest BCUT2D eigenvalue weighted by Crippen LogP contribution is 2.35. The van der Waals surface area contributed by atoms with Crippen LogP contribution in [0.5, 0.6) is 0 Å². The molecule has 0 aliphatic heterocycles. The first-order valence-corrected chi connectivity index (χ1v) is 10.8. The fraction of sp³-hybridized carbons (Fsp3) is 0.364. The molecule has 4 rings (SSSR count). The van der Waals surface area contributed by atoms with Crippen LogP contribution in [0.15, 0.2) is 24.3 Å². The third-order valence-corrected chi connectivity index (χ3v) is 6.38. The number of fused-ring (bicyclic) bond motifs is 1. The molecule has 0 bridgehead atoms. The molecule has 1 aliphatic carbocycles. The van der Waals surface area contributed by atoms with Gasteiger partial charge in [-0.3, -0.25) is 4.79 Å². The van der Waals surface area contributed by atoms with Gasteiger partial charge in [-0.25, -0.2) is 13.8 Å². The van der Waals surface area contributed by atoms with E-state index < -0.39 is 17.5 Å². The number of nitrogens with zero attached hydrogens (tertiary/aromatic N) is 1. The molecule has 1 fully saturated rings. The van der Waals surface area contributed by atoms with Crippen LogP contribution < -0.4 is 10.6 Å². The zero-order valence-corrected chi connectivity index (χ0v) is 18.6. The number of anilines is 2. The molecule has 0 atom stereocenters. The van der Waals surface area contributed by atoms with Crippen molar-refractivity contribution in [3.8, 4) is 0 Å². The van der Waals surface area contributed by atoms with Crippen molar-refractivity contribution in [3.63, 3.8) is 0 Å².